The van der Waals surface area contributed by atoms with Gasteiger partial charge in [0, 0.05) is 23.3 Å². The largest absolute Gasteiger partial charge is 0.331 e. The highest BCUT2D eigenvalue weighted by Crippen LogP contribution is 2.36. The topological polar surface area (TPSA) is 33.2 Å². The van der Waals surface area contributed by atoms with Crippen molar-refractivity contribution in [2.75, 3.05) is 6.54 Å². The third-order valence-electron chi connectivity index (χ3n) is 3.96. The summed E-state index contributed by atoms with van der Waals surface area (Å²) in [6.45, 7) is 4.73. The quantitative estimate of drug-likeness (QED) is 0.828. The predicted molar refractivity (Wildman–Crippen MR) is 86.1 cm³/mol. The zero-order chi connectivity index (χ0) is 15.0. The number of pyridine rings is 1. The van der Waals surface area contributed by atoms with E-state index in [1.807, 2.05) is 11.8 Å². The van der Waals surface area contributed by atoms with Crippen LogP contribution in [0, 0.1) is 6.92 Å². The Labute approximate surface area is 133 Å². The van der Waals surface area contributed by atoms with Crippen LogP contribution in [0.4, 0.5) is 0 Å². The van der Waals surface area contributed by atoms with Gasteiger partial charge in [-0.3, -0.25) is 9.78 Å². The molecule has 21 heavy (non-hydrogen) atoms. The molecule has 2 aromatic rings. The maximum Gasteiger partial charge on any atom is 0.257 e. The highest BCUT2D eigenvalue weighted by molar-refractivity contribution is 7.10. The summed E-state index contributed by atoms with van der Waals surface area (Å²) in [5.74, 6) is -0.0174. The zero-order valence-corrected chi connectivity index (χ0v) is 13.7. The van der Waals surface area contributed by atoms with Crippen molar-refractivity contribution in [2.24, 2.45) is 0 Å². The first-order chi connectivity index (χ1) is 10.1. The van der Waals surface area contributed by atoms with Gasteiger partial charge in [-0.25, -0.2) is 0 Å². The summed E-state index contributed by atoms with van der Waals surface area (Å²) in [5, 5.41) is 2.60. The standard InChI is InChI=1S/C16H17ClN2OS/c1-3-14-11-5-7-21-15(11)4-6-19(14)16(20)12-9-18-10(2)8-13(12)17/h5,7-9,14H,3-4,6H2,1-2H3. The number of hydrogen-bond donors (Lipinski definition) is 0. The average Bonchev–Trinajstić information content (AvgIpc) is 2.94. The number of amides is 1. The Kier molecular flexibility index (Phi) is 4.00. The fourth-order valence-electron chi connectivity index (χ4n) is 2.92. The number of halogens is 1. The monoisotopic (exact) mass is 320 g/mol. The maximum atomic E-state index is 12.8. The fourth-order valence-corrected chi connectivity index (χ4v) is 4.13. The van der Waals surface area contributed by atoms with E-state index in [1.165, 1.54) is 10.4 Å². The van der Waals surface area contributed by atoms with Gasteiger partial charge in [0.2, 0.25) is 0 Å². The van der Waals surface area contributed by atoms with E-state index in [-0.39, 0.29) is 11.9 Å². The van der Waals surface area contributed by atoms with Crippen molar-refractivity contribution in [3.05, 3.63) is 50.4 Å². The van der Waals surface area contributed by atoms with Gasteiger partial charge >= 0.3 is 0 Å². The first-order valence-corrected chi connectivity index (χ1v) is 8.37. The second kappa shape index (κ2) is 5.78. The van der Waals surface area contributed by atoms with Crippen LogP contribution < -0.4 is 0 Å². The molecule has 3 rings (SSSR count). The van der Waals surface area contributed by atoms with Crippen LogP contribution in [-0.4, -0.2) is 22.3 Å². The van der Waals surface area contributed by atoms with E-state index in [0.717, 1.165) is 25.1 Å². The van der Waals surface area contributed by atoms with Crippen LogP contribution in [0.15, 0.2) is 23.7 Å². The highest BCUT2D eigenvalue weighted by atomic mass is 35.5. The van der Waals surface area contributed by atoms with Crippen molar-refractivity contribution in [1.82, 2.24) is 9.88 Å². The highest BCUT2D eigenvalue weighted by Gasteiger charge is 2.31. The summed E-state index contributed by atoms with van der Waals surface area (Å²) in [6, 6.07) is 4.03. The van der Waals surface area contributed by atoms with Crippen molar-refractivity contribution in [1.29, 1.82) is 0 Å². The number of carbonyl (C=O) groups excluding carboxylic acids is 1. The van der Waals surface area contributed by atoms with Crippen molar-refractivity contribution in [2.45, 2.75) is 32.7 Å². The van der Waals surface area contributed by atoms with Gasteiger partial charge in [0.25, 0.3) is 5.91 Å². The average molecular weight is 321 g/mol. The van der Waals surface area contributed by atoms with E-state index in [1.54, 1.807) is 23.6 Å². The van der Waals surface area contributed by atoms with Crippen LogP contribution in [0.2, 0.25) is 5.02 Å². The minimum Gasteiger partial charge on any atom is -0.331 e. The fraction of sp³-hybridized carbons (Fsp3) is 0.375. The molecular weight excluding hydrogens is 304 g/mol. The molecule has 2 aromatic heterocycles. The van der Waals surface area contributed by atoms with E-state index in [2.05, 4.69) is 23.4 Å². The number of thiophene rings is 1. The van der Waals surface area contributed by atoms with Gasteiger partial charge in [-0.05, 0) is 42.8 Å². The normalized spacial score (nSPS) is 17.7. The lowest BCUT2D eigenvalue weighted by atomic mass is 9.97. The molecule has 0 spiro atoms. The summed E-state index contributed by atoms with van der Waals surface area (Å²) in [7, 11) is 0. The summed E-state index contributed by atoms with van der Waals surface area (Å²) in [4.78, 5) is 20.4. The molecular formula is C16H17ClN2OS. The van der Waals surface area contributed by atoms with Crippen LogP contribution in [0.1, 0.15) is 45.9 Å². The van der Waals surface area contributed by atoms with E-state index < -0.39 is 0 Å². The molecule has 1 amide bonds. The summed E-state index contributed by atoms with van der Waals surface area (Å²) in [5.41, 5.74) is 2.61. The number of aryl methyl sites for hydroxylation is 1. The Morgan fingerprint density at radius 2 is 2.38 bits per heavy atom. The van der Waals surface area contributed by atoms with Gasteiger partial charge in [-0.1, -0.05) is 18.5 Å². The van der Waals surface area contributed by atoms with E-state index in [0.29, 0.717) is 10.6 Å². The Morgan fingerprint density at radius 3 is 3.10 bits per heavy atom. The smallest absolute Gasteiger partial charge is 0.257 e. The van der Waals surface area contributed by atoms with Gasteiger partial charge in [-0.2, -0.15) is 0 Å². The number of aromatic nitrogens is 1. The summed E-state index contributed by atoms with van der Waals surface area (Å²) < 4.78 is 0. The molecule has 0 aliphatic carbocycles. The van der Waals surface area contributed by atoms with Gasteiger partial charge in [0.05, 0.1) is 16.6 Å². The molecule has 0 aromatic carbocycles. The van der Waals surface area contributed by atoms with Crippen molar-refractivity contribution < 1.29 is 4.79 Å². The molecule has 0 saturated heterocycles. The first kappa shape index (κ1) is 14.5. The molecule has 1 unspecified atom stereocenters. The van der Waals surface area contributed by atoms with Crippen LogP contribution in [0.25, 0.3) is 0 Å². The number of fused-ring (bicyclic) bond motifs is 1. The van der Waals surface area contributed by atoms with Gasteiger partial charge in [-0.15, -0.1) is 11.3 Å². The van der Waals surface area contributed by atoms with E-state index >= 15 is 0 Å². The predicted octanol–water partition coefficient (Wildman–Crippen LogP) is 4.25. The molecule has 3 nitrogen and oxygen atoms in total. The molecule has 0 N–H and O–H groups in total. The second-order valence-corrected chi connectivity index (χ2v) is 6.69. The third-order valence-corrected chi connectivity index (χ3v) is 5.27. The molecule has 0 radical (unpaired) electrons. The zero-order valence-electron chi connectivity index (χ0n) is 12.1. The SMILES string of the molecule is CCC1c2ccsc2CCN1C(=O)c1cnc(C)cc1Cl. The molecule has 5 heteroatoms. The second-order valence-electron chi connectivity index (χ2n) is 5.28. The number of rotatable bonds is 2. The molecule has 1 aliphatic heterocycles. The van der Waals surface area contributed by atoms with Crippen LogP contribution in [-0.2, 0) is 6.42 Å². The summed E-state index contributed by atoms with van der Waals surface area (Å²) in [6.07, 6.45) is 3.42. The number of hydrogen-bond acceptors (Lipinski definition) is 3. The van der Waals surface area contributed by atoms with Crippen LogP contribution in [0.5, 0.6) is 0 Å². The van der Waals surface area contributed by atoms with Gasteiger partial charge in [0.1, 0.15) is 0 Å². The molecule has 1 aliphatic rings. The molecule has 1 atom stereocenters. The molecule has 0 fully saturated rings. The number of carbonyl (C=O) groups is 1. The van der Waals surface area contributed by atoms with Crippen molar-refractivity contribution >= 4 is 28.8 Å². The van der Waals surface area contributed by atoms with E-state index in [4.69, 9.17) is 11.6 Å². The molecule has 0 bridgehead atoms. The van der Waals surface area contributed by atoms with E-state index in [9.17, 15) is 4.79 Å². The maximum absolute atomic E-state index is 12.8. The van der Waals surface area contributed by atoms with Gasteiger partial charge < -0.3 is 4.90 Å². The minimum atomic E-state index is -0.0174. The Balaban J connectivity index is 1.94. The lowest BCUT2D eigenvalue weighted by Gasteiger charge is -2.35. The third kappa shape index (κ3) is 2.58. The Hall–Kier alpha value is -1.39. The van der Waals surface area contributed by atoms with Crippen LogP contribution in [0.3, 0.4) is 0 Å². The molecule has 110 valence electrons. The molecule has 0 saturated carbocycles. The van der Waals surface area contributed by atoms with Crippen molar-refractivity contribution in [3.63, 3.8) is 0 Å². The van der Waals surface area contributed by atoms with Crippen LogP contribution >= 0.6 is 22.9 Å². The minimum absolute atomic E-state index is 0.0174. The summed E-state index contributed by atoms with van der Waals surface area (Å²) >= 11 is 8.01. The lowest BCUT2D eigenvalue weighted by Crippen LogP contribution is -2.39. The van der Waals surface area contributed by atoms with Crippen molar-refractivity contribution in [3.8, 4) is 0 Å². The van der Waals surface area contributed by atoms with Gasteiger partial charge in [0.15, 0.2) is 0 Å². The Bertz CT molecular complexity index is 683. The lowest BCUT2D eigenvalue weighted by molar-refractivity contribution is 0.0657. The number of nitrogens with zero attached hydrogens (tertiary/aromatic N) is 2. The first-order valence-electron chi connectivity index (χ1n) is 7.11. The molecule has 3 heterocycles. The Morgan fingerprint density at radius 1 is 1.57 bits per heavy atom.